The molecule has 0 unspecified atom stereocenters. The maximum Gasteiger partial charge on any atom is 0.416 e. The topological polar surface area (TPSA) is 70.6 Å². The minimum absolute atomic E-state index is 0.0512. The Labute approximate surface area is 167 Å². The van der Waals surface area contributed by atoms with E-state index >= 15 is 0 Å². The average molecular weight is 427 g/mol. The van der Waals surface area contributed by atoms with Crippen LogP contribution >= 0.6 is 0 Å². The molecule has 1 aromatic carbocycles. The number of alkyl halides is 3. The highest BCUT2D eigenvalue weighted by Gasteiger charge is 2.36. The van der Waals surface area contributed by atoms with Gasteiger partial charge in [0, 0.05) is 37.6 Å². The summed E-state index contributed by atoms with van der Waals surface area (Å²) in [7, 11) is -3.98. The molecular weight excluding hydrogens is 407 g/mol. The van der Waals surface area contributed by atoms with Gasteiger partial charge in [-0.3, -0.25) is 9.78 Å². The van der Waals surface area contributed by atoms with Gasteiger partial charge in [-0.1, -0.05) is 0 Å². The maximum absolute atomic E-state index is 12.9. The van der Waals surface area contributed by atoms with Crippen LogP contribution < -0.4 is 0 Å². The van der Waals surface area contributed by atoms with Gasteiger partial charge in [0.05, 0.1) is 16.0 Å². The Balaban J connectivity index is 1.76. The van der Waals surface area contributed by atoms with E-state index in [2.05, 4.69) is 4.98 Å². The third kappa shape index (κ3) is 4.27. The molecule has 3 rings (SSSR count). The highest BCUT2D eigenvalue weighted by atomic mass is 32.2. The van der Waals surface area contributed by atoms with Crippen LogP contribution in [-0.4, -0.2) is 54.2 Å². The van der Waals surface area contributed by atoms with Gasteiger partial charge in [-0.25, -0.2) is 8.42 Å². The number of pyridine rings is 1. The van der Waals surface area contributed by atoms with E-state index in [1.165, 1.54) is 4.31 Å². The molecule has 2 heterocycles. The normalized spacial score (nSPS) is 18.7. The van der Waals surface area contributed by atoms with Gasteiger partial charge in [-0.2, -0.15) is 17.5 Å². The summed E-state index contributed by atoms with van der Waals surface area (Å²) in [5.41, 5.74) is 0.135. The van der Waals surface area contributed by atoms with Crippen molar-refractivity contribution in [3.05, 3.63) is 59.4 Å². The molecule has 0 bridgehead atoms. The molecular formula is C19H20F3N3O3S. The first-order valence-electron chi connectivity index (χ1n) is 8.92. The molecule has 29 heavy (non-hydrogen) atoms. The SMILES string of the molecule is Cc1ncccc1C(=O)N1CCN(S(=O)(=O)c2ccc(C(F)(F)F)cc2)[C@H](C)C1. The summed E-state index contributed by atoms with van der Waals surface area (Å²) >= 11 is 0. The standard InChI is InChI=1S/C19H20F3N3O3S/c1-13-12-24(18(26)17-4-3-9-23-14(17)2)10-11-25(13)29(27,28)16-7-5-15(6-8-16)19(20,21)22/h3-9,13H,10-12H2,1-2H3/t13-/m1/s1. The minimum atomic E-state index is -4.54. The number of hydrogen-bond acceptors (Lipinski definition) is 4. The number of rotatable bonds is 3. The molecule has 0 saturated carbocycles. The lowest BCUT2D eigenvalue weighted by atomic mass is 10.1. The Morgan fingerprint density at radius 1 is 1.14 bits per heavy atom. The fourth-order valence-corrected chi connectivity index (χ4v) is 4.93. The molecule has 156 valence electrons. The van der Waals surface area contributed by atoms with Crippen LogP contribution in [0.4, 0.5) is 13.2 Å². The quantitative estimate of drug-likeness (QED) is 0.755. The molecule has 0 radical (unpaired) electrons. The van der Waals surface area contributed by atoms with Crippen LogP contribution in [0.3, 0.4) is 0 Å². The first kappa shape index (κ1) is 21.3. The van der Waals surface area contributed by atoms with Crippen LogP contribution in [0.5, 0.6) is 0 Å². The van der Waals surface area contributed by atoms with Crippen LogP contribution in [0.2, 0.25) is 0 Å². The second-order valence-corrected chi connectivity index (χ2v) is 8.77. The molecule has 10 heteroatoms. The fraction of sp³-hybridized carbons (Fsp3) is 0.368. The van der Waals surface area contributed by atoms with Crippen molar-refractivity contribution in [2.24, 2.45) is 0 Å². The van der Waals surface area contributed by atoms with E-state index in [9.17, 15) is 26.4 Å². The van der Waals surface area contributed by atoms with E-state index in [1.54, 1.807) is 37.1 Å². The largest absolute Gasteiger partial charge is 0.416 e. The van der Waals surface area contributed by atoms with Crippen LogP contribution in [-0.2, 0) is 16.2 Å². The fourth-order valence-electron chi connectivity index (χ4n) is 3.31. The predicted octanol–water partition coefficient (Wildman–Crippen LogP) is 2.94. The number of carbonyl (C=O) groups is 1. The number of hydrogen-bond donors (Lipinski definition) is 0. The first-order valence-corrected chi connectivity index (χ1v) is 10.4. The third-order valence-electron chi connectivity index (χ3n) is 4.88. The van der Waals surface area contributed by atoms with Crippen molar-refractivity contribution >= 4 is 15.9 Å². The van der Waals surface area contributed by atoms with E-state index < -0.39 is 27.8 Å². The second-order valence-electron chi connectivity index (χ2n) is 6.87. The molecule has 0 N–H and O–H groups in total. The Morgan fingerprint density at radius 2 is 1.79 bits per heavy atom. The van der Waals surface area contributed by atoms with E-state index in [4.69, 9.17) is 0 Å². The third-order valence-corrected chi connectivity index (χ3v) is 6.91. The van der Waals surface area contributed by atoms with Crippen molar-refractivity contribution in [3.63, 3.8) is 0 Å². The van der Waals surface area contributed by atoms with Gasteiger partial charge >= 0.3 is 6.18 Å². The molecule has 0 aliphatic carbocycles. The van der Waals surface area contributed by atoms with Gasteiger partial charge in [0.1, 0.15) is 0 Å². The van der Waals surface area contributed by atoms with Crippen molar-refractivity contribution in [1.82, 2.24) is 14.2 Å². The molecule has 2 aromatic rings. The smallest absolute Gasteiger partial charge is 0.336 e. The monoisotopic (exact) mass is 427 g/mol. The number of piperazine rings is 1. The van der Waals surface area contributed by atoms with E-state index in [-0.39, 0.29) is 30.4 Å². The summed E-state index contributed by atoms with van der Waals surface area (Å²) in [5.74, 6) is -0.228. The summed E-state index contributed by atoms with van der Waals surface area (Å²) in [6.45, 7) is 3.79. The first-order chi connectivity index (χ1) is 13.5. The number of nitrogens with zero attached hydrogens (tertiary/aromatic N) is 3. The van der Waals surface area contributed by atoms with E-state index in [0.29, 0.717) is 11.3 Å². The van der Waals surface area contributed by atoms with Crippen molar-refractivity contribution in [2.75, 3.05) is 19.6 Å². The number of amides is 1. The van der Waals surface area contributed by atoms with Crippen molar-refractivity contribution in [1.29, 1.82) is 0 Å². The lowest BCUT2D eigenvalue weighted by Gasteiger charge is -2.39. The highest BCUT2D eigenvalue weighted by molar-refractivity contribution is 7.89. The summed E-state index contributed by atoms with van der Waals surface area (Å²) in [6, 6.07) is 6.22. The number of aromatic nitrogens is 1. The molecule has 1 atom stereocenters. The van der Waals surface area contributed by atoms with Gasteiger partial charge in [0.2, 0.25) is 10.0 Å². The van der Waals surface area contributed by atoms with Crippen LogP contribution in [0.25, 0.3) is 0 Å². The van der Waals surface area contributed by atoms with Crippen molar-refractivity contribution in [3.8, 4) is 0 Å². The van der Waals surface area contributed by atoms with Crippen LogP contribution in [0, 0.1) is 6.92 Å². The van der Waals surface area contributed by atoms with Gasteiger partial charge in [-0.05, 0) is 50.2 Å². The zero-order valence-corrected chi connectivity index (χ0v) is 16.7. The zero-order valence-electron chi connectivity index (χ0n) is 15.8. The Morgan fingerprint density at radius 3 is 2.34 bits per heavy atom. The van der Waals surface area contributed by atoms with Crippen LogP contribution in [0.1, 0.15) is 28.5 Å². The summed E-state index contributed by atoms with van der Waals surface area (Å²) < 4.78 is 65.2. The van der Waals surface area contributed by atoms with Crippen LogP contribution in [0.15, 0.2) is 47.5 Å². The van der Waals surface area contributed by atoms with Crippen molar-refractivity contribution < 1.29 is 26.4 Å². The molecule has 1 amide bonds. The molecule has 1 saturated heterocycles. The Kier molecular flexibility index (Phi) is 5.68. The molecule has 0 spiro atoms. The number of carbonyl (C=O) groups excluding carboxylic acids is 1. The lowest BCUT2D eigenvalue weighted by Crippen LogP contribution is -2.55. The number of aryl methyl sites for hydroxylation is 1. The zero-order chi connectivity index (χ0) is 21.4. The maximum atomic E-state index is 12.9. The highest BCUT2D eigenvalue weighted by Crippen LogP contribution is 2.30. The van der Waals surface area contributed by atoms with Gasteiger partial charge in [-0.15, -0.1) is 0 Å². The summed E-state index contributed by atoms with van der Waals surface area (Å²) in [6.07, 6.45) is -2.95. The number of halogens is 3. The molecule has 1 aliphatic heterocycles. The Hall–Kier alpha value is -2.46. The van der Waals surface area contributed by atoms with E-state index in [0.717, 1.165) is 24.3 Å². The van der Waals surface area contributed by atoms with Gasteiger partial charge < -0.3 is 4.90 Å². The van der Waals surface area contributed by atoms with Crippen molar-refractivity contribution in [2.45, 2.75) is 31.0 Å². The second kappa shape index (κ2) is 7.75. The summed E-state index contributed by atoms with van der Waals surface area (Å²) in [5, 5.41) is 0. The Bertz CT molecular complexity index is 1010. The molecule has 1 aromatic heterocycles. The lowest BCUT2D eigenvalue weighted by molar-refractivity contribution is -0.137. The van der Waals surface area contributed by atoms with Gasteiger partial charge in [0.25, 0.3) is 5.91 Å². The molecule has 1 aliphatic rings. The summed E-state index contributed by atoms with van der Waals surface area (Å²) in [4.78, 5) is 18.2. The minimum Gasteiger partial charge on any atom is -0.336 e. The number of benzene rings is 1. The predicted molar refractivity (Wildman–Crippen MR) is 99.7 cm³/mol. The number of sulfonamides is 1. The van der Waals surface area contributed by atoms with Gasteiger partial charge in [0.15, 0.2) is 0 Å². The molecule has 1 fully saturated rings. The van der Waals surface area contributed by atoms with E-state index in [1.807, 2.05) is 0 Å². The molecule has 6 nitrogen and oxygen atoms in total. The average Bonchev–Trinajstić information content (AvgIpc) is 2.67.